The van der Waals surface area contributed by atoms with E-state index in [4.69, 9.17) is 11.6 Å². The Morgan fingerprint density at radius 3 is 2.50 bits per heavy atom. The first-order valence-electron chi connectivity index (χ1n) is 5.22. The van der Waals surface area contributed by atoms with Gasteiger partial charge in [-0.2, -0.15) is 0 Å². The molecule has 0 aliphatic rings. The van der Waals surface area contributed by atoms with Crippen LogP contribution in [0.25, 0.3) is 0 Å². The van der Waals surface area contributed by atoms with E-state index in [0.29, 0.717) is 16.1 Å². The molecule has 3 heteroatoms. The molecule has 0 aliphatic heterocycles. The molecule has 18 heavy (non-hydrogen) atoms. The van der Waals surface area contributed by atoms with Crippen LogP contribution in [0.3, 0.4) is 0 Å². The van der Waals surface area contributed by atoms with Crippen LogP contribution >= 0.6 is 27.5 Å². The Morgan fingerprint density at radius 1 is 1.06 bits per heavy atom. The van der Waals surface area contributed by atoms with Crippen molar-refractivity contribution < 1.29 is 4.79 Å². The molecule has 0 unspecified atom stereocenters. The van der Waals surface area contributed by atoms with E-state index in [1.54, 1.807) is 18.2 Å². The molecule has 2 aromatic carbocycles. The van der Waals surface area contributed by atoms with Crippen LogP contribution in [0.1, 0.15) is 21.5 Å². The molecule has 0 amide bonds. The number of halogens is 2. The highest BCUT2D eigenvalue weighted by Gasteiger charge is 1.98. The van der Waals surface area contributed by atoms with Crippen LogP contribution in [0.4, 0.5) is 0 Å². The third-order valence-corrected chi connectivity index (χ3v) is 3.24. The lowest BCUT2D eigenvalue weighted by Crippen LogP contribution is -1.86. The summed E-state index contributed by atoms with van der Waals surface area (Å²) < 4.78 is 0.839. The normalized spacial score (nSPS) is 9.44. The highest BCUT2D eigenvalue weighted by Crippen LogP contribution is 2.20. The van der Waals surface area contributed by atoms with Gasteiger partial charge in [0, 0.05) is 26.2 Å². The molecule has 0 radical (unpaired) electrons. The lowest BCUT2D eigenvalue weighted by Gasteiger charge is -1.97. The van der Waals surface area contributed by atoms with Gasteiger partial charge >= 0.3 is 0 Å². The van der Waals surface area contributed by atoms with Crippen molar-refractivity contribution >= 4 is 33.8 Å². The molecule has 1 nitrogen and oxygen atoms in total. The lowest BCUT2D eigenvalue weighted by atomic mass is 10.1. The maximum Gasteiger partial charge on any atom is 0.151 e. The predicted molar refractivity (Wildman–Crippen MR) is 77.0 cm³/mol. The van der Waals surface area contributed by atoms with Crippen molar-refractivity contribution in [3.8, 4) is 11.8 Å². The van der Waals surface area contributed by atoms with Gasteiger partial charge in [-0.15, -0.1) is 0 Å². The minimum atomic E-state index is 0.593. The van der Waals surface area contributed by atoms with Crippen molar-refractivity contribution in [2.75, 3.05) is 0 Å². The molecule has 0 saturated carbocycles. The molecular formula is C15H8BrClO. The summed E-state index contributed by atoms with van der Waals surface area (Å²) in [6.07, 6.45) is 0.806. The molecule has 0 atom stereocenters. The largest absolute Gasteiger partial charge is 0.298 e. The zero-order valence-corrected chi connectivity index (χ0v) is 11.6. The number of hydrogen-bond donors (Lipinski definition) is 0. The Labute approximate surface area is 119 Å². The van der Waals surface area contributed by atoms with Crippen LogP contribution in [-0.2, 0) is 0 Å². The minimum absolute atomic E-state index is 0.593. The molecule has 0 aliphatic carbocycles. The van der Waals surface area contributed by atoms with Gasteiger partial charge < -0.3 is 0 Å². The summed E-state index contributed by atoms with van der Waals surface area (Å²) in [7, 11) is 0. The predicted octanol–water partition coefficient (Wildman–Crippen LogP) is 4.31. The Hall–Kier alpha value is -1.56. The van der Waals surface area contributed by atoms with Gasteiger partial charge in [0.25, 0.3) is 0 Å². The number of aldehydes is 1. The summed E-state index contributed by atoms with van der Waals surface area (Å²) in [5.74, 6) is 6.00. The lowest BCUT2D eigenvalue weighted by molar-refractivity contribution is 0.112. The number of rotatable bonds is 1. The van der Waals surface area contributed by atoms with Crippen molar-refractivity contribution in [3.63, 3.8) is 0 Å². The highest BCUT2D eigenvalue weighted by atomic mass is 79.9. The fraction of sp³-hybridized carbons (Fsp3) is 0. The smallest absolute Gasteiger partial charge is 0.151 e. The van der Waals surface area contributed by atoms with Crippen LogP contribution in [0.5, 0.6) is 0 Å². The third-order valence-electron chi connectivity index (χ3n) is 2.35. The third kappa shape index (κ3) is 3.01. The molecule has 0 spiro atoms. The first-order chi connectivity index (χ1) is 8.70. The standard InChI is InChI=1S/C15H8BrClO/c16-15-9-14(17)8-7-12(15)6-5-11-3-1-2-4-13(11)10-18/h1-4,7-10H. The summed E-state index contributed by atoms with van der Waals surface area (Å²) >= 11 is 9.26. The zero-order chi connectivity index (χ0) is 13.0. The highest BCUT2D eigenvalue weighted by molar-refractivity contribution is 9.10. The Morgan fingerprint density at radius 2 is 1.78 bits per heavy atom. The molecule has 0 aromatic heterocycles. The molecule has 0 fully saturated rings. The van der Waals surface area contributed by atoms with Gasteiger partial charge in [-0.3, -0.25) is 4.79 Å². The van der Waals surface area contributed by atoms with Crippen molar-refractivity contribution in [1.29, 1.82) is 0 Å². The average molecular weight is 320 g/mol. The molecule has 0 bridgehead atoms. The van der Waals surface area contributed by atoms with Crippen LogP contribution in [0.2, 0.25) is 5.02 Å². The molecule has 0 N–H and O–H groups in total. The summed E-state index contributed by atoms with van der Waals surface area (Å²) in [5.41, 5.74) is 2.14. The van der Waals surface area contributed by atoms with Crippen molar-refractivity contribution in [1.82, 2.24) is 0 Å². The second-order valence-electron chi connectivity index (χ2n) is 3.58. The Balaban J connectivity index is 2.40. The van der Waals surface area contributed by atoms with Gasteiger partial charge in [0.15, 0.2) is 6.29 Å². The topological polar surface area (TPSA) is 17.1 Å². The zero-order valence-electron chi connectivity index (χ0n) is 9.28. The second kappa shape index (κ2) is 5.86. The van der Waals surface area contributed by atoms with Gasteiger partial charge in [-0.1, -0.05) is 41.6 Å². The molecule has 0 saturated heterocycles. The number of hydrogen-bond acceptors (Lipinski definition) is 1. The molecule has 2 rings (SSSR count). The molecular weight excluding hydrogens is 312 g/mol. The molecule has 0 heterocycles. The van der Waals surface area contributed by atoms with E-state index in [0.717, 1.165) is 16.3 Å². The van der Waals surface area contributed by atoms with Gasteiger partial charge in [0.05, 0.1) is 0 Å². The van der Waals surface area contributed by atoms with Crippen LogP contribution in [-0.4, -0.2) is 6.29 Å². The SMILES string of the molecule is O=Cc1ccccc1C#Cc1ccc(Cl)cc1Br. The van der Waals surface area contributed by atoms with Gasteiger partial charge in [-0.25, -0.2) is 0 Å². The van der Waals surface area contributed by atoms with E-state index in [-0.39, 0.29) is 0 Å². The molecule has 88 valence electrons. The summed E-state index contributed by atoms with van der Waals surface area (Å²) in [6, 6.07) is 12.6. The van der Waals surface area contributed by atoms with Crippen LogP contribution < -0.4 is 0 Å². The number of carbonyl (C=O) groups is 1. The molecule has 2 aromatic rings. The van der Waals surface area contributed by atoms with Crippen LogP contribution in [0.15, 0.2) is 46.9 Å². The maximum absolute atomic E-state index is 10.9. The summed E-state index contributed by atoms with van der Waals surface area (Å²) in [6.45, 7) is 0. The summed E-state index contributed by atoms with van der Waals surface area (Å²) in [4.78, 5) is 10.9. The fourth-order valence-corrected chi connectivity index (χ4v) is 2.22. The van der Waals surface area contributed by atoms with E-state index in [1.807, 2.05) is 24.3 Å². The van der Waals surface area contributed by atoms with E-state index in [1.165, 1.54) is 0 Å². The average Bonchev–Trinajstić information content (AvgIpc) is 2.38. The van der Waals surface area contributed by atoms with E-state index in [9.17, 15) is 4.79 Å². The fourth-order valence-electron chi connectivity index (χ4n) is 1.44. The van der Waals surface area contributed by atoms with Crippen molar-refractivity contribution in [3.05, 3.63) is 68.7 Å². The Kier molecular flexibility index (Phi) is 4.19. The summed E-state index contributed by atoms with van der Waals surface area (Å²) in [5, 5.41) is 0.653. The number of carbonyl (C=O) groups excluding carboxylic acids is 1. The van der Waals surface area contributed by atoms with E-state index < -0.39 is 0 Å². The van der Waals surface area contributed by atoms with Crippen LogP contribution in [0, 0.1) is 11.8 Å². The Bertz CT molecular complexity index is 653. The quantitative estimate of drug-likeness (QED) is 0.565. The van der Waals surface area contributed by atoms with E-state index in [2.05, 4.69) is 27.8 Å². The van der Waals surface area contributed by atoms with Crippen molar-refractivity contribution in [2.45, 2.75) is 0 Å². The monoisotopic (exact) mass is 318 g/mol. The van der Waals surface area contributed by atoms with Gasteiger partial charge in [0.2, 0.25) is 0 Å². The van der Waals surface area contributed by atoms with Gasteiger partial charge in [-0.05, 0) is 40.2 Å². The first-order valence-corrected chi connectivity index (χ1v) is 6.39. The maximum atomic E-state index is 10.9. The first kappa shape index (κ1) is 12.9. The van der Waals surface area contributed by atoms with Gasteiger partial charge in [0.1, 0.15) is 0 Å². The number of benzene rings is 2. The second-order valence-corrected chi connectivity index (χ2v) is 4.87. The van der Waals surface area contributed by atoms with Crippen molar-refractivity contribution in [2.24, 2.45) is 0 Å². The minimum Gasteiger partial charge on any atom is -0.298 e. The van der Waals surface area contributed by atoms with E-state index >= 15 is 0 Å².